The Hall–Kier alpha value is -3.33. The lowest BCUT2D eigenvalue weighted by Crippen LogP contribution is -2.49. The molecule has 1 aliphatic carbocycles. The van der Waals surface area contributed by atoms with Gasteiger partial charge in [-0.2, -0.15) is 4.39 Å². The molecule has 9 heteroatoms. The molecule has 0 saturated heterocycles. The van der Waals surface area contributed by atoms with Crippen LogP contribution >= 0.6 is 0 Å². The molecule has 2 aromatic rings. The number of nitro groups is 1. The Morgan fingerprint density at radius 3 is 2.61 bits per heavy atom. The molecule has 0 bridgehead atoms. The van der Waals surface area contributed by atoms with E-state index in [9.17, 15) is 29.2 Å². The number of hydrogen-bond acceptors (Lipinski definition) is 5. The van der Waals surface area contributed by atoms with Crippen molar-refractivity contribution in [1.29, 1.82) is 0 Å². The molecule has 0 saturated carbocycles. The summed E-state index contributed by atoms with van der Waals surface area (Å²) >= 11 is 0. The van der Waals surface area contributed by atoms with Gasteiger partial charge >= 0.3 is 17.5 Å². The molecular weight excluding hydrogens is 369 g/mol. The van der Waals surface area contributed by atoms with Crippen molar-refractivity contribution in [1.82, 2.24) is 5.32 Å². The number of anilines is 1. The van der Waals surface area contributed by atoms with Crippen molar-refractivity contribution in [3.63, 3.8) is 0 Å². The van der Waals surface area contributed by atoms with Crippen LogP contribution in [0, 0.1) is 15.9 Å². The SMILES string of the molecule is O=C(NCC1(O)CCc2ccccc2C1)C(=O)Nc1ccc(F)c([N+](=O)[O-])c1. The van der Waals surface area contributed by atoms with E-state index in [1.807, 2.05) is 24.3 Å². The third-order valence-electron chi connectivity index (χ3n) is 4.68. The van der Waals surface area contributed by atoms with E-state index in [1.54, 1.807) is 0 Å². The molecule has 28 heavy (non-hydrogen) atoms. The molecule has 3 N–H and O–H groups in total. The summed E-state index contributed by atoms with van der Waals surface area (Å²) in [6, 6.07) is 10.5. The standard InChI is InChI=1S/C19H18FN3O5/c20-15-6-5-14(9-16(15)23(27)28)22-18(25)17(24)21-11-19(26)8-7-12-3-1-2-4-13(12)10-19/h1-6,9,26H,7-8,10-11H2,(H,21,24)(H,22,25). The summed E-state index contributed by atoms with van der Waals surface area (Å²) in [6.45, 7) is -0.114. The van der Waals surface area contributed by atoms with Gasteiger partial charge in [0.2, 0.25) is 5.82 Å². The quantitative estimate of drug-likeness (QED) is 0.419. The second-order valence-electron chi connectivity index (χ2n) is 6.73. The lowest BCUT2D eigenvalue weighted by Gasteiger charge is -2.33. The Bertz CT molecular complexity index is 949. The highest BCUT2D eigenvalue weighted by atomic mass is 19.1. The summed E-state index contributed by atoms with van der Waals surface area (Å²) in [6.07, 6.45) is 1.46. The Labute approximate surface area is 159 Å². The number of carbonyl (C=O) groups is 2. The number of nitrogens with one attached hydrogen (secondary N) is 2. The molecule has 0 fully saturated rings. The summed E-state index contributed by atoms with van der Waals surface area (Å²) < 4.78 is 13.3. The van der Waals surface area contributed by atoms with Crippen LogP contribution < -0.4 is 10.6 Å². The highest BCUT2D eigenvalue weighted by Gasteiger charge is 2.33. The summed E-state index contributed by atoms with van der Waals surface area (Å²) in [7, 11) is 0. The molecule has 146 valence electrons. The van der Waals surface area contributed by atoms with Gasteiger partial charge in [0.15, 0.2) is 0 Å². The third kappa shape index (κ3) is 4.32. The molecule has 8 nitrogen and oxygen atoms in total. The van der Waals surface area contributed by atoms with Crippen molar-refractivity contribution >= 4 is 23.2 Å². The van der Waals surface area contributed by atoms with Gasteiger partial charge < -0.3 is 15.7 Å². The smallest absolute Gasteiger partial charge is 0.313 e. The molecule has 0 heterocycles. The van der Waals surface area contributed by atoms with Gasteiger partial charge in [0.25, 0.3) is 0 Å². The zero-order valence-electron chi connectivity index (χ0n) is 14.8. The monoisotopic (exact) mass is 387 g/mol. The Kier molecular flexibility index (Phi) is 5.36. The minimum Gasteiger partial charge on any atom is -0.388 e. The van der Waals surface area contributed by atoms with Crippen LogP contribution in [0.1, 0.15) is 17.5 Å². The maximum Gasteiger partial charge on any atom is 0.313 e. The number of halogens is 1. The van der Waals surface area contributed by atoms with E-state index in [-0.39, 0.29) is 12.2 Å². The number of fused-ring (bicyclic) bond motifs is 1. The summed E-state index contributed by atoms with van der Waals surface area (Å²) in [5.74, 6) is -3.12. The van der Waals surface area contributed by atoms with Crippen LogP contribution in [0.3, 0.4) is 0 Å². The first-order valence-corrected chi connectivity index (χ1v) is 8.60. The number of aryl methyl sites for hydroxylation is 1. The van der Waals surface area contributed by atoms with E-state index < -0.39 is 33.8 Å². The van der Waals surface area contributed by atoms with Gasteiger partial charge in [-0.3, -0.25) is 19.7 Å². The zero-order chi connectivity index (χ0) is 20.3. The number of nitrogens with zero attached hydrogens (tertiary/aromatic N) is 1. The summed E-state index contributed by atoms with van der Waals surface area (Å²) in [5, 5.41) is 26.0. The maximum atomic E-state index is 13.3. The maximum absolute atomic E-state index is 13.3. The van der Waals surface area contributed by atoms with Crippen LogP contribution in [0.25, 0.3) is 0 Å². The topological polar surface area (TPSA) is 122 Å². The number of hydrogen-bond donors (Lipinski definition) is 3. The number of rotatable bonds is 4. The molecule has 1 atom stereocenters. The van der Waals surface area contributed by atoms with Crippen LogP contribution in [0.4, 0.5) is 15.8 Å². The first-order chi connectivity index (χ1) is 13.3. The van der Waals surface area contributed by atoms with Gasteiger partial charge in [0, 0.05) is 24.7 Å². The number of aliphatic hydroxyl groups is 1. The lowest BCUT2D eigenvalue weighted by atomic mass is 9.80. The number of nitro benzene ring substituents is 1. The first kappa shape index (κ1) is 19.4. The molecule has 0 aliphatic heterocycles. The van der Waals surface area contributed by atoms with Crippen LogP contribution in [0.15, 0.2) is 42.5 Å². The molecule has 2 aromatic carbocycles. The van der Waals surface area contributed by atoms with Crippen molar-refractivity contribution in [2.75, 3.05) is 11.9 Å². The van der Waals surface area contributed by atoms with E-state index in [0.717, 1.165) is 29.3 Å². The van der Waals surface area contributed by atoms with Crippen LogP contribution in [-0.4, -0.2) is 34.0 Å². The van der Waals surface area contributed by atoms with E-state index in [2.05, 4.69) is 10.6 Å². The largest absolute Gasteiger partial charge is 0.388 e. The molecule has 1 unspecified atom stereocenters. The fraction of sp³-hybridized carbons (Fsp3) is 0.263. The summed E-state index contributed by atoms with van der Waals surface area (Å²) in [4.78, 5) is 33.8. The number of benzene rings is 2. The molecule has 0 spiro atoms. The van der Waals surface area contributed by atoms with E-state index >= 15 is 0 Å². The third-order valence-corrected chi connectivity index (χ3v) is 4.68. The highest BCUT2D eigenvalue weighted by molar-refractivity contribution is 6.39. The van der Waals surface area contributed by atoms with Crippen LogP contribution in [0.5, 0.6) is 0 Å². The van der Waals surface area contributed by atoms with Gasteiger partial charge in [0.05, 0.1) is 10.5 Å². The average Bonchev–Trinajstić information content (AvgIpc) is 2.67. The van der Waals surface area contributed by atoms with Crippen molar-refractivity contribution < 1.29 is 24.0 Å². The van der Waals surface area contributed by atoms with Crippen LogP contribution in [0.2, 0.25) is 0 Å². The molecule has 0 radical (unpaired) electrons. The predicted octanol–water partition coefficient (Wildman–Crippen LogP) is 1.71. The van der Waals surface area contributed by atoms with Gasteiger partial charge in [-0.25, -0.2) is 0 Å². The fourth-order valence-electron chi connectivity index (χ4n) is 3.18. The zero-order valence-corrected chi connectivity index (χ0v) is 14.8. The van der Waals surface area contributed by atoms with E-state index in [1.165, 1.54) is 0 Å². The number of amides is 2. The van der Waals surface area contributed by atoms with Crippen molar-refractivity contribution in [3.8, 4) is 0 Å². The van der Waals surface area contributed by atoms with Gasteiger partial charge in [-0.1, -0.05) is 24.3 Å². The van der Waals surface area contributed by atoms with Crippen molar-refractivity contribution in [3.05, 3.63) is 69.5 Å². The molecule has 2 amide bonds. The van der Waals surface area contributed by atoms with Crippen molar-refractivity contribution in [2.45, 2.75) is 24.9 Å². The van der Waals surface area contributed by atoms with Gasteiger partial charge in [-0.15, -0.1) is 0 Å². The normalized spacial score (nSPS) is 18.1. The fourth-order valence-corrected chi connectivity index (χ4v) is 3.18. The molecule has 1 aliphatic rings. The second-order valence-corrected chi connectivity index (χ2v) is 6.73. The molecular formula is C19H18FN3O5. The van der Waals surface area contributed by atoms with Gasteiger partial charge in [0.1, 0.15) is 0 Å². The Morgan fingerprint density at radius 1 is 1.18 bits per heavy atom. The summed E-state index contributed by atoms with van der Waals surface area (Å²) in [5.41, 5.74) is 0.0774. The lowest BCUT2D eigenvalue weighted by molar-refractivity contribution is -0.387. The minimum absolute atomic E-state index is 0.0847. The minimum atomic E-state index is -1.17. The average molecular weight is 387 g/mol. The number of carbonyl (C=O) groups excluding carboxylic acids is 2. The van der Waals surface area contributed by atoms with Crippen LogP contribution in [-0.2, 0) is 22.4 Å². The highest BCUT2D eigenvalue weighted by Crippen LogP contribution is 2.28. The Balaban J connectivity index is 1.59. The predicted molar refractivity (Wildman–Crippen MR) is 98.1 cm³/mol. The second kappa shape index (κ2) is 7.73. The molecule has 3 rings (SSSR count). The first-order valence-electron chi connectivity index (χ1n) is 8.60. The van der Waals surface area contributed by atoms with Crippen molar-refractivity contribution in [2.24, 2.45) is 0 Å². The molecule has 0 aromatic heterocycles. The van der Waals surface area contributed by atoms with Gasteiger partial charge in [-0.05, 0) is 36.1 Å². The van der Waals surface area contributed by atoms with E-state index in [4.69, 9.17) is 0 Å². The van der Waals surface area contributed by atoms with E-state index in [0.29, 0.717) is 19.3 Å². The Morgan fingerprint density at radius 2 is 1.89 bits per heavy atom.